The molecule has 4 heteroatoms. The van der Waals surface area contributed by atoms with E-state index in [0.29, 0.717) is 6.04 Å². The number of hydroxylamine groups is 2. The summed E-state index contributed by atoms with van der Waals surface area (Å²) in [4.78, 5) is 17.1. The van der Waals surface area contributed by atoms with Crippen molar-refractivity contribution in [1.29, 1.82) is 0 Å². The molecular weight excluding hydrogens is 194 g/mol. The molecule has 0 saturated carbocycles. The Morgan fingerprint density at radius 1 is 1.67 bits per heavy atom. The first kappa shape index (κ1) is 9.60. The third-order valence-corrected chi connectivity index (χ3v) is 4.33. The molecule has 3 fully saturated rings. The van der Waals surface area contributed by atoms with Gasteiger partial charge in [0.05, 0.1) is 11.6 Å². The summed E-state index contributed by atoms with van der Waals surface area (Å²) in [6.07, 6.45) is 4.96. The van der Waals surface area contributed by atoms with Crippen LogP contribution in [0.25, 0.3) is 0 Å². The molecular formula is C11H17NO3. The topological polar surface area (TPSA) is 49.8 Å². The first-order chi connectivity index (χ1) is 7.19. The van der Waals surface area contributed by atoms with Gasteiger partial charge in [0, 0.05) is 6.04 Å². The van der Waals surface area contributed by atoms with E-state index in [1.165, 1.54) is 0 Å². The monoisotopic (exact) mass is 211 g/mol. The lowest BCUT2D eigenvalue weighted by atomic mass is 9.76. The Morgan fingerprint density at radius 3 is 3.13 bits per heavy atom. The lowest BCUT2D eigenvalue weighted by Gasteiger charge is -2.36. The number of aliphatic carboxylic acids is 1. The van der Waals surface area contributed by atoms with Crippen LogP contribution < -0.4 is 0 Å². The van der Waals surface area contributed by atoms with Crippen molar-refractivity contribution in [3.05, 3.63) is 0 Å². The predicted octanol–water partition coefficient (Wildman–Crippen LogP) is 1.41. The van der Waals surface area contributed by atoms with Crippen LogP contribution in [0.1, 0.15) is 39.0 Å². The molecule has 3 saturated heterocycles. The van der Waals surface area contributed by atoms with Crippen molar-refractivity contribution >= 4 is 5.97 Å². The van der Waals surface area contributed by atoms with Gasteiger partial charge in [-0.2, -0.15) is 5.06 Å². The third kappa shape index (κ3) is 1.01. The molecule has 0 aliphatic carbocycles. The Kier molecular flexibility index (Phi) is 1.89. The molecule has 3 rings (SSSR count). The fraction of sp³-hybridized carbons (Fsp3) is 0.909. The van der Waals surface area contributed by atoms with Crippen LogP contribution >= 0.6 is 0 Å². The van der Waals surface area contributed by atoms with Crippen molar-refractivity contribution in [2.75, 3.05) is 0 Å². The maximum absolute atomic E-state index is 11.4. The Bertz CT molecular complexity index is 302. The van der Waals surface area contributed by atoms with Gasteiger partial charge in [-0.3, -0.25) is 9.63 Å². The fourth-order valence-electron chi connectivity index (χ4n) is 3.92. The first-order valence-electron chi connectivity index (χ1n) is 5.88. The molecule has 0 spiro atoms. The van der Waals surface area contributed by atoms with E-state index in [1.807, 2.05) is 5.06 Å². The molecule has 3 heterocycles. The van der Waals surface area contributed by atoms with Gasteiger partial charge in [-0.25, -0.2) is 0 Å². The smallest absolute Gasteiger partial charge is 0.311 e. The minimum atomic E-state index is -0.670. The van der Waals surface area contributed by atoms with Gasteiger partial charge >= 0.3 is 5.97 Å². The Morgan fingerprint density at radius 2 is 2.47 bits per heavy atom. The van der Waals surface area contributed by atoms with Crippen LogP contribution in [0.5, 0.6) is 0 Å². The first-order valence-corrected chi connectivity index (χ1v) is 5.88. The molecule has 3 aliphatic heterocycles. The zero-order valence-electron chi connectivity index (χ0n) is 8.98. The number of piperidine rings is 1. The Hall–Kier alpha value is -0.610. The van der Waals surface area contributed by atoms with Crippen LogP contribution in [0.15, 0.2) is 0 Å². The second-order valence-electron chi connectivity index (χ2n) is 5.07. The lowest BCUT2D eigenvalue weighted by molar-refractivity contribution is -0.151. The van der Waals surface area contributed by atoms with E-state index in [4.69, 9.17) is 4.84 Å². The highest BCUT2D eigenvalue weighted by atomic mass is 16.7. The highest BCUT2D eigenvalue weighted by Crippen LogP contribution is 2.57. The summed E-state index contributed by atoms with van der Waals surface area (Å²) in [6, 6.07) is 0.497. The van der Waals surface area contributed by atoms with Gasteiger partial charge < -0.3 is 5.11 Å². The summed E-state index contributed by atoms with van der Waals surface area (Å²) in [5.41, 5.74) is -0.172. The summed E-state index contributed by atoms with van der Waals surface area (Å²) in [5.74, 6) is -0.965. The average molecular weight is 211 g/mol. The molecule has 0 radical (unpaired) electrons. The van der Waals surface area contributed by atoms with Crippen LogP contribution in [0.2, 0.25) is 0 Å². The van der Waals surface area contributed by atoms with Crippen molar-refractivity contribution < 1.29 is 14.7 Å². The lowest BCUT2D eigenvalue weighted by Crippen LogP contribution is -2.51. The van der Waals surface area contributed by atoms with Crippen LogP contribution in [-0.4, -0.2) is 33.8 Å². The average Bonchev–Trinajstić information content (AvgIpc) is 2.72. The number of hydrogen-bond donors (Lipinski definition) is 1. The highest BCUT2D eigenvalue weighted by molar-refractivity contribution is 5.73. The number of fused-ring (bicyclic) bond motifs is 1. The summed E-state index contributed by atoms with van der Waals surface area (Å²) < 4.78 is 0. The number of hydrogen-bond acceptors (Lipinski definition) is 3. The van der Waals surface area contributed by atoms with Gasteiger partial charge in [-0.15, -0.1) is 0 Å². The van der Waals surface area contributed by atoms with E-state index >= 15 is 0 Å². The Labute approximate surface area is 89.2 Å². The van der Waals surface area contributed by atoms with E-state index in [9.17, 15) is 9.90 Å². The number of nitrogens with zero attached hydrogens (tertiary/aromatic N) is 1. The molecule has 0 aromatic heterocycles. The summed E-state index contributed by atoms with van der Waals surface area (Å²) in [6.45, 7) is 2.12. The van der Waals surface area contributed by atoms with Gasteiger partial charge in [-0.1, -0.05) is 13.3 Å². The number of carboxylic acid groups (broad SMARTS) is 1. The maximum Gasteiger partial charge on any atom is 0.311 e. The second-order valence-corrected chi connectivity index (χ2v) is 5.07. The summed E-state index contributed by atoms with van der Waals surface area (Å²) in [7, 11) is 0. The molecule has 4 atom stereocenters. The SMILES string of the molecule is CCCC12CCC3C[C@H](ON31)C2C(=O)O. The van der Waals surface area contributed by atoms with Gasteiger partial charge in [0.25, 0.3) is 0 Å². The molecule has 2 bridgehead atoms. The molecule has 3 unspecified atom stereocenters. The third-order valence-electron chi connectivity index (χ3n) is 4.33. The molecule has 15 heavy (non-hydrogen) atoms. The van der Waals surface area contributed by atoms with Crippen molar-refractivity contribution in [1.82, 2.24) is 5.06 Å². The Balaban J connectivity index is 1.98. The minimum Gasteiger partial charge on any atom is -0.481 e. The quantitative estimate of drug-likeness (QED) is 0.766. The normalized spacial score (nSPS) is 47.7. The van der Waals surface area contributed by atoms with Crippen molar-refractivity contribution in [3.8, 4) is 0 Å². The zero-order chi connectivity index (χ0) is 10.6. The van der Waals surface area contributed by atoms with Gasteiger partial charge in [0.15, 0.2) is 0 Å². The van der Waals surface area contributed by atoms with Crippen LogP contribution in [0.3, 0.4) is 0 Å². The summed E-state index contributed by atoms with van der Waals surface area (Å²) in [5, 5.41) is 11.4. The van der Waals surface area contributed by atoms with Crippen LogP contribution in [-0.2, 0) is 9.63 Å². The molecule has 1 N–H and O–H groups in total. The predicted molar refractivity (Wildman–Crippen MR) is 53.1 cm³/mol. The van der Waals surface area contributed by atoms with Crippen molar-refractivity contribution in [2.45, 2.75) is 56.7 Å². The van der Waals surface area contributed by atoms with E-state index in [0.717, 1.165) is 32.1 Å². The van der Waals surface area contributed by atoms with E-state index < -0.39 is 5.97 Å². The van der Waals surface area contributed by atoms with Gasteiger partial charge in [-0.05, 0) is 25.7 Å². The molecule has 84 valence electrons. The largest absolute Gasteiger partial charge is 0.481 e. The number of rotatable bonds is 3. The molecule has 3 aliphatic rings. The number of carbonyl (C=O) groups is 1. The van der Waals surface area contributed by atoms with E-state index in [2.05, 4.69) is 6.92 Å². The van der Waals surface area contributed by atoms with Crippen molar-refractivity contribution in [2.24, 2.45) is 5.92 Å². The maximum atomic E-state index is 11.4. The molecule has 4 nitrogen and oxygen atoms in total. The second kappa shape index (κ2) is 2.95. The molecule has 0 amide bonds. The number of carboxylic acids is 1. The van der Waals surface area contributed by atoms with Gasteiger partial charge in [0.1, 0.15) is 5.92 Å². The zero-order valence-corrected chi connectivity index (χ0v) is 8.98. The standard InChI is InChI=1S/C11H17NO3/c1-2-4-11-5-3-7-6-8(15-12(7)11)9(11)10(13)14/h7-9H,2-6H2,1H3,(H,13,14)/t7?,8-,9?,11?/m0/s1. The van der Waals surface area contributed by atoms with E-state index in [-0.39, 0.29) is 17.6 Å². The van der Waals surface area contributed by atoms with Crippen molar-refractivity contribution in [3.63, 3.8) is 0 Å². The molecule has 0 aromatic rings. The van der Waals surface area contributed by atoms with E-state index in [1.54, 1.807) is 0 Å². The van der Waals surface area contributed by atoms with Gasteiger partial charge in [0.2, 0.25) is 0 Å². The fourth-order valence-corrected chi connectivity index (χ4v) is 3.92. The van der Waals surface area contributed by atoms with Crippen LogP contribution in [0.4, 0.5) is 0 Å². The van der Waals surface area contributed by atoms with Crippen LogP contribution in [0, 0.1) is 5.92 Å². The molecule has 0 aromatic carbocycles. The minimum absolute atomic E-state index is 0.0541. The highest BCUT2D eigenvalue weighted by Gasteiger charge is 2.67. The summed E-state index contributed by atoms with van der Waals surface area (Å²) >= 11 is 0.